The van der Waals surface area contributed by atoms with E-state index in [9.17, 15) is 0 Å². The predicted molar refractivity (Wildman–Crippen MR) is 105 cm³/mol. The molecular formula is C23H31NO. The zero-order valence-corrected chi connectivity index (χ0v) is 15.7. The maximum Gasteiger partial charge on any atom is 0.119 e. The smallest absolute Gasteiger partial charge is 0.119 e. The monoisotopic (exact) mass is 337 g/mol. The van der Waals surface area contributed by atoms with Crippen LogP contribution in [-0.2, 0) is 10.3 Å². The molecule has 134 valence electrons. The van der Waals surface area contributed by atoms with Crippen molar-refractivity contribution in [1.29, 1.82) is 0 Å². The molecule has 0 radical (unpaired) electrons. The largest absolute Gasteiger partial charge is 0.366 e. The van der Waals surface area contributed by atoms with Crippen LogP contribution in [0, 0.1) is 5.92 Å². The third-order valence-corrected chi connectivity index (χ3v) is 5.51. The summed E-state index contributed by atoms with van der Waals surface area (Å²) in [5.74, 6) is 0.903. The molecule has 1 aliphatic rings. The van der Waals surface area contributed by atoms with E-state index in [4.69, 9.17) is 4.74 Å². The second kappa shape index (κ2) is 8.64. The third-order valence-electron chi connectivity index (χ3n) is 5.51. The fourth-order valence-electron chi connectivity index (χ4n) is 3.91. The van der Waals surface area contributed by atoms with E-state index in [1.165, 1.54) is 36.9 Å². The van der Waals surface area contributed by atoms with Crippen molar-refractivity contribution in [2.24, 2.45) is 5.92 Å². The van der Waals surface area contributed by atoms with Crippen LogP contribution >= 0.6 is 0 Å². The lowest BCUT2D eigenvalue weighted by molar-refractivity contribution is -0.0237. The van der Waals surface area contributed by atoms with Gasteiger partial charge in [-0.15, -0.1) is 0 Å². The van der Waals surface area contributed by atoms with Crippen LogP contribution in [0.5, 0.6) is 0 Å². The topological polar surface area (TPSA) is 12.5 Å². The Morgan fingerprint density at radius 2 is 1.52 bits per heavy atom. The summed E-state index contributed by atoms with van der Waals surface area (Å²) in [6, 6.07) is 21.4. The third kappa shape index (κ3) is 4.31. The van der Waals surface area contributed by atoms with E-state index < -0.39 is 0 Å². The van der Waals surface area contributed by atoms with Gasteiger partial charge in [-0.3, -0.25) is 0 Å². The van der Waals surface area contributed by atoms with Gasteiger partial charge in [0.1, 0.15) is 5.60 Å². The van der Waals surface area contributed by atoms with Crippen molar-refractivity contribution in [2.45, 2.75) is 38.2 Å². The van der Waals surface area contributed by atoms with Gasteiger partial charge in [0.25, 0.3) is 0 Å². The van der Waals surface area contributed by atoms with Crippen molar-refractivity contribution in [3.63, 3.8) is 0 Å². The molecule has 3 rings (SSSR count). The van der Waals surface area contributed by atoms with Gasteiger partial charge >= 0.3 is 0 Å². The SMILES string of the molecule is CCOC(CCN(C)CC1CCC1)(c1ccccc1)c1ccccc1. The fraction of sp³-hybridized carbons (Fsp3) is 0.478. The van der Waals surface area contributed by atoms with E-state index in [1.54, 1.807) is 0 Å². The number of hydrogen-bond donors (Lipinski definition) is 0. The molecule has 0 heterocycles. The summed E-state index contributed by atoms with van der Waals surface area (Å²) < 4.78 is 6.47. The van der Waals surface area contributed by atoms with E-state index >= 15 is 0 Å². The van der Waals surface area contributed by atoms with Crippen LogP contribution in [0.3, 0.4) is 0 Å². The standard InChI is InChI=1S/C23H31NO/c1-3-25-23(21-13-6-4-7-14-21,22-15-8-5-9-16-22)17-18-24(2)19-20-11-10-12-20/h4-9,13-16,20H,3,10-12,17-19H2,1-2H3. The van der Waals surface area contributed by atoms with Gasteiger partial charge < -0.3 is 9.64 Å². The van der Waals surface area contributed by atoms with Gasteiger partial charge in [-0.25, -0.2) is 0 Å². The highest BCUT2D eigenvalue weighted by atomic mass is 16.5. The number of ether oxygens (including phenoxy) is 1. The second-order valence-corrected chi connectivity index (χ2v) is 7.30. The summed E-state index contributed by atoms with van der Waals surface area (Å²) in [6.45, 7) is 5.06. The second-order valence-electron chi connectivity index (χ2n) is 7.30. The lowest BCUT2D eigenvalue weighted by Crippen LogP contribution is -2.37. The van der Waals surface area contributed by atoms with Crippen molar-refractivity contribution in [3.8, 4) is 0 Å². The number of hydrogen-bond acceptors (Lipinski definition) is 2. The first-order chi connectivity index (χ1) is 12.2. The Balaban J connectivity index is 1.84. The van der Waals surface area contributed by atoms with Crippen LogP contribution in [0.15, 0.2) is 60.7 Å². The Morgan fingerprint density at radius 3 is 1.96 bits per heavy atom. The Bertz CT molecular complexity index is 582. The van der Waals surface area contributed by atoms with Crippen molar-refractivity contribution in [3.05, 3.63) is 71.8 Å². The molecule has 0 amide bonds. The maximum absolute atomic E-state index is 6.47. The Labute approximate surface area is 152 Å². The molecule has 0 N–H and O–H groups in total. The van der Waals surface area contributed by atoms with Crippen LogP contribution in [0.1, 0.15) is 43.7 Å². The molecule has 0 aliphatic heterocycles. The maximum atomic E-state index is 6.47. The summed E-state index contributed by atoms with van der Waals surface area (Å²) >= 11 is 0. The molecule has 25 heavy (non-hydrogen) atoms. The van der Waals surface area contributed by atoms with E-state index in [0.29, 0.717) is 6.61 Å². The number of nitrogens with zero attached hydrogens (tertiary/aromatic N) is 1. The van der Waals surface area contributed by atoms with Crippen molar-refractivity contribution in [2.75, 3.05) is 26.7 Å². The van der Waals surface area contributed by atoms with Gasteiger partial charge in [0.2, 0.25) is 0 Å². The first-order valence-electron chi connectivity index (χ1n) is 9.68. The minimum absolute atomic E-state index is 0.370. The van der Waals surface area contributed by atoms with Crippen molar-refractivity contribution >= 4 is 0 Å². The van der Waals surface area contributed by atoms with Crippen molar-refractivity contribution in [1.82, 2.24) is 4.90 Å². The summed E-state index contributed by atoms with van der Waals surface area (Å²) in [5, 5.41) is 0. The van der Waals surface area contributed by atoms with Crippen LogP contribution in [0.25, 0.3) is 0 Å². The zero-order chi connectivity index (χ0) is 17.5. The minimum atomic E-state index is -0.370. The van der Waals surface area contributed by atoms with Gasteiger partial charge in [0, 0.05) is 19.7 Å². The Morgan fingerprint density at radius 1 is 0.960 bits per heavy atom. The number of benzene rings is 2. The summed E-state index contributed by atoms with van der Waals surface area (Å²) in [4.78, 5) is 2.49. The van der Waals surface area contributed by atoms with Gasteiger partial charge in [-0.1, -0.05) is 67.1 Å². The highest BCUT2D eigenvalue weighted by Crippen LogP contribution is 2.37. The Hall–Kier alpha value is -1.64. The van der Waals surface area contributed by atoms with E-state index in [0.717, 1.165) is 18.9 Å². The molecule has 0 spiro atoms. The molecule has 2 heteroatoms. The molecule has 1 saturated carbocycles. The predicted octanol–water partition coefficient (Wildman–Crippen LogP) is 5.09. The molecule has 0 saturated heterocycles. The molecule has 2 nitrogen and oxygen atoms in total. The van der Waals surface area contributed by atoms with E-state index in [1.807, 2.05) is 0 Å². The highest BCUT2D eigenvalue weighted by Gasteiger charge is 2.35. The normalized spacial score (nSPS) is 15.3. The molecule has 0 unspecified atom stereocenters. The molecular weight excluding hydrogens is 306 g/mol. The first kappa shape index (κ1) is 18.2. The average Bonchev–Trinajstić information content (AvgIpc) is 2.63. The minimum Gasteiger partial charge on any atom is -0.366 e. The molecule has 1 fully saturated rings. The molecule has 0 bridgehead atoms. The van der Waals surface area contributed by atoms with E-state index in [2.05, 4.69) is 79.5 Å². The quantitative estimate of drug-likeness (QED) is 0.632. The van der Waals surface area contributed by atoms with Gasteiger partial charge in [-0.05, 0) is 50.3 Å². The molecule has 2 aromatic carbocycles. The first-order valence-corrected chi connectivity index (χ1v) is 9.68. The summed E-state index contributed by atoms with van der Waals surface area (Å²) in [6.07, 6.45) is 5.18. The fourth-order valence-corrected chi connectivity index (χ4v) is 3.91. The zero-order valence-electron chi connectivity index (χ0n) is 15.7. The molecule has 0 atom stereocenters. The van der Waals surface area contributed by atoms with Crippen molar-refractivity contribution < 1.29 is 4.74 Å². The lowest BCUT2D eigenvalue weighted by Gasteiger charge is -2.37. The van der Waals surface area contributed by atoms with Crippen LogP contribution < -0.4 is 0 Å². The van der Waals surface area contributed by atoms with Crippen LogP contribution in [-0.4, -0.2) is 31.6 Å². The lowest BCUT2D eigenvalue weighted by atomic mass is 9.82. The summed E-state index contributed by atoms with van der Waals surface area (Å²) in [5.41, 5.74) is 2.13. The molecule has 0 aromatic heterocycles. The van der Waals surface area contributed by atoms with Gasteiger partial charge in [0.15, 0.2) is 0 Å². The summed E-state index contributed by atoms with van der Waals surface area (Å²) in [7, 11) is 2.25. The number of rotatable bonds is 9. The van der Waals surface area contributed by atoms with Crippen LogP contribution in [0.2, 0.25) is 0 Å². The molecule has 2 aromatic rings. The van der Waals surface area contributed by atoms with Crippen LogP contribution in [0.4, 0.5) is 0 Å². The molecule has 1 aliphatic carbocycles. The van der Waals surface area contributed by atoms with Gasteiger partial charge in [0.05, 0.1) is 0 Å². The average molecular weight is 338 g/mol. The van der Waals surface area contributed by atoms with Gasteiger partial charge in [-0.2, -0.15) is 0 Å². The highest BCUT2D eigenvalue weighted by molar-refractivity contribution is 5.36. The van der Waals surface area contributed by atoms with E-state index in [-0.39, 0.29) is 5.60 Å². The Kier molecular flexibility index (Phi) is 6.28.